The van der Waals surface area contributed by atoms with E-state index in [1.54, 1.807) is 0 Å². The molecule has 1 aromatic carbocycles. The third-order valence-electron chi connectivity index (χ3n) is 3.55. The summed E-state index contributed by atoms with van der Waals surface area (Å²) in [5.74, 6) is 0. The molecule has 0 aromatic heterocycles. The number of hydrogen-bond donors (Lipinski definition) is 1. The maximum atomic E-state index is 9.11. The van der Waals surface area contributed by atoms with Crippen LogP contribution in [-0.2, 0) is 4.74 Å². The zero-order valence-electron chi connectivity index (χ0n) is 9.32. The predicted octanol–water partition coefficient (Wildman–Crippen LogP) is 3.05. The summed E-state index contributed by atoms with van der Waals surface area (Å²) in [6.45, 7) is 0. The molecule has 2 aliphatic rings. The molecule has 4 heteroatoms. The topological polar surface area (TPSA) is 45.0 Å². The van der Waals surface area contributed by atoms with Crippen LogP contribution >= 0.6 is 15.9 Å². The normalized spacial score (nSPS) is 30.2. The van der Waals surface area contributed by atoms with Gasteiger partial charge in [-0.1, -0.05) is 15.9 Å². The molecule has 3 atom stereocenters. The first-order chi connectivity index (χ1) is 8.26. The number of rotatable bonds is 2. The highest BCUT2D eigenvalue weighted by atomic mass is 79.9. The molecule has 2 saturated heterocycles. The second kappa shape index (κ2) is 4.32. The van der Waals surface area contributed by atoms with Gasteiger partial charge in [-0.3, -0.25) is 0 Å². The number of anilines is 1. The molecule has 0 saturated carbocycles. The molecule has 1 aromatic rings. The molecule has 0 amide bonds. The maximum Gasteiger partial charge on any atom is 0.101 e. The standard InChI is InChI=1S/C13H13BrN2O/c14-9-1-3-11(8(5-9)7-15)16-12-6-10-2-4-13(12)17-10/h1,3,5,10,12-13,16H,2,4,6H2/t10-,12+,13+/m1/s1. The fourth-order valence-corrected chi connectivity index (χ4v) is 3.09. The summed E-state index contributed by atoms with van der Waals surface area (Å²) in [7, 11) is 0. The minimum absolute atomic E-state index is 0.329. The number of halogens is 1. The van der Waals surface area contributed by atoms with E-state index in [1.807, 2.05) is 18.2 Å². The number of nitrogens with zero attached hydrogens (tertiary/aromatic N) is 1. The van der Waals surface area contributed by atoms with Crippen molar-refractivity contribution in [2.24, 2.45) is 0 Å². The number of nitriles is 1. The minimum Gasteiger partial charge on any atom is -0.379 e. The molecule has 2 aliphatic heterocycles. The summed E-state index contributed by atoms with van der Waals surface area (Å²) in [4.78, 5) is 0. The molecule has 17 heavy (non-hydrogen) atoms. The summed E-state index contributed by atoms with van der Waals surface area (Å²) in [6.07, 6.45) is 4.15. The minimum atomic E-state index is 0.329. The second-order valence-corrected chi connectivity index (χ2v) is 5.58. The Hall–Kier alpha value is -1.05. The van der Waals surface area contributed by atoms with Crippen LogP contribution in [0.4, 0.5) is 5.69 Å². The van der Waals surface area contributed by atoms with Crippen molar-refractivity contribution < 1.29 is 4.74 Å². The Bertz CT molecular complexity index is 483. The quantitative estimate of drug-likeness (QED) is 0.911. The smallest absolute Gasteiger partial charge is 0.101 e. The van der Waals surface area contributed by atoms with Gasteiger partial charge in [0.1, 0.15) is 6.07 Å². The third-order valence-corrected chi connectivity index (χ3v) is 4.04. The molecule has 3 rings (SSSR count). The van der Waals surface area contributed by atoms with E-state index in [0.29, 0.717) is 23.8 Å². The summed E-state index contributed by atoms with van der Waals surface area (Å²) >= 11 is 3.38. The first kappa shape index (κ1) is 11.1. The van der Waals surface area contributed by atoms with Gasteiger partial charge >= 0.3 is 0 Å². The highest BCUT2D eigenvalue weighted by Gasteiger charge is 2.40. The molecule has 2 fully saturated rings. The molecule has 0 unspecified atom stereocenters. The maximum absolute atomic E-state index is 9.11. The highest BCUT2D eigenvalue weighted by Crippen LogP contribution is 2.36. The summed E-state index contributed by atoms with van der Waals surface area (Å²) in [5.41, 5.74) is 1.60. The van der Waals surface area contributed by atoms with Gasteiger partial charge in [0.25, 0.3) is 0 Å². The van der Waals surface area contributed by atoms with E-state index < -0.39 is 0 Å². The Morgan fingerprint density at radius 1 is 1.41 bits per heavy atom. The van der Waals surface area contributed by atoms with E-state index in [-0.39, 0.29) is 0 Å². The van der Waals surface area contributed by atoms with Crippen LogP contribution in [0.25, 0.3) is 0 Å². The van der Waals surface area contributed by atoms with E-state index in [2.05, 4.69) is 27.3 Å². The fraction of sp³-hybridized carbons (Fsp3) is 0.462. The van der Waals surface area contributed by atoms with Crippen LogP contribution in [0.3, 0.4) is 0 Å². The van der Waals surface area contributed by atoms with E-state index in [9.17, 15) is 0 Å². The van der Waals surface area contributed by atoms with Crippen molar-refractivity contribution in [1.29, 1.82) is 5.26 Å². The molecule has 2 heterocycles. The van der Waals surface area contributed by atoms with Crippen molar-refractivity contribution in [2.45, 2.75) is 37.5 Å². The van der Waals surface area contributed by atoms with E-state index in [4.69, 9.17) is 10.00 Å². The summed E-state index contributed by atoms with van der Waals surface area (Å²) < 4.78 is 6.73. The van der Waals surface area contributed by atoms with Crippen molar-refractivity contribution in [3.05, 3.63) is 28.2 Å². The first-order valence-electron chi connectivity index (χ1n) is 5.88. The van der Waals surface area contributed by atoms with Crippen LogP contribution in [0.15, 0.2) is 22.7 Å². The Balaban J connectivity index is 1.79. The predicted molar refractivity (Wildman–Crippen MR) is 68.8 cm³/mol. The molecule has 88 valence electrons. The lowest BCUT2D eigenvalue weighted by molar-refractivity contribution is 0.102. The lowest BCUT2D eigenvalue weighted by Gasteiger charge is -2.21. The van der Waals surface area contributed by atoms with Gasteiger partial charge in [-0.2, -0.15) is 5.26 Å². The summed E-state index contributed by atoms with van der Waals surface area (Å²) in [5, 5.41) is 12.6. The van der Waals surface area contributed by atoms with Gasteiger partial charge in [-0.05, 0) is 37.5 Å². The zero-order chi connectivity index (χ0) is 11.8. The molecule has 3 nitrogen and oxygen atoms in total. The van der Waals surface area contributed by atoms with Crippen LogP contribution in [0.5, 0.6) is 0 Å². The van der Waals surface area contributed by atoms with Gasteiger partial charge in [0, 0.05) is 4.47 Å². The molecule has 0 aliphatic carbocycles. The van der Waals surface area contributed by atoms with Crippen molar-refractivity contribution >= 4 is 21.6 Å². The molecular weight excluding hydrogens is 280 g/mol. The second-order valence-electron chi connectivity index (χ2n) is 4.66. The Morgan fingerprint density at radius 3 is 2.94 bits per heavy atom. The van der Waals surface area contributed by atoms with Crippen molar-refractivity contribution in [3.63, 3.8) is 0 Å². The fourth-order valence-electron chi connectivity index (χ4n) is 2.72. The Labute approximate surface area is 109 Å². The van der Waals surface area contributed by atoms with Crippen molar-refractivity contribution in [2.75, 3.05) is 5.32 Å². The Kier molecular flexibility index (Phi) is 2.81. The molecule has 0 radical (unpaired) electrons. The zero-order valence-corrected chi connectivity index (χ0v) is 10.9. The van der Waals surface area contributed by atoms with E-state index in [1.165, 1.54) is 6.42 Å². The monoisotopic (exact) mass is 292 g/mol. The molecule has 1 N–H and O–H groups in total. The van der Waals surface area contributed by atoms with Crippen molar-refractivity contribution in [1.82, 2.24) is 0 Å². The summed E-state index contributed by atoms with van der Waals surface area (Å²) in [6, 6.07) is 8.34. The SMILES string of the molecule is N#Cc1cc(Br)ccc1N[C@H]1C[C@H]2CC[C@@H]1O2. The van der Waals surface area contributed by atoms with Gasteiger partial charge < -0.3 is 10.1 Å². The number of fused-ring (bicyclic) bond motifs is 2. The van der Waals surface area contributed by atoms with Crippen LogP contribution in [0, 0.1) is 11.3 Å². The van der Waals surface area contributed by atoms with Crippen LogP contribution in [-0.4, -0.2) is 18.2 Å². The van der Waals surface area contributed by atoms with Gasteiger partial charge in [0.05, 0.1) is 29.5 Å². The molecular formula is C13H13BrN2O. The van der Waals surface area contributed by atoms with Gasteiger partial charge in [-0.25, -0.2) is 0 Å². The van der Waals surface area contributed by atoms with Crippen LogP contribution in [0.2, 0.25) is 0 Å². The average molecular weight is 293 g/mol. The molecule has 0 spiro atoms. The van der Waals surface area contributed by atoms with Crippen LogP contribution < -0.4 is 5.32 Å². The highest BCUT2D eigenvalue weighted by molar-refractivity contribution is 9.10. The largest absolute Gasteiger partial charge is 0.379 e. The lowest BCUT2D eigenvalue weighted by Crippen LogP contribution is -2.30. The lowest BCUT2D eigenvalue weighted by atomic mass is 9.95. The first-order valence-corrected chi connectivity index (χ1v) is 6.67. The average Bonchev–Trinajstić information content (AvgIpc) is 2.93. The molecule has 2 bridgehead atoms. The number of ether oxygens (including phenoxy) is 1. The number of hydrogen-bond acceptors (Lipinski definition) is 3. The van der Waals surface area contributed by atoms with E-state index >= 15 is 0 Å². The van der Waals surface area contributed by atoms with Gasteiger partial charge in [0.15, 0.2) is 0 Å². The number of benzene rings is 1. The van der Waals surface area contributed by atoms with Crippen molar-refractivity contribution in [3.8, 4) is 6.07 Å². The van der Waals surface area contributed by atoms with Gasteiger partial charge in [-0.15, -0.1) is 0 Å². The third kappa shape index (κ3) is 2.05. The Morgan fingerprint density at radius 2 is 2.29 bits per heavy atom. The van der Waals surface area contributed by atoms with E-state index in [0.717, 1.165) is 23.0 Å². The van der Waals surface area contributed by atoms with Crippen LogP contribution in [0.1, 0.15) is 24.8 Å². The number of nitrogens with one attached hydrogen (secondary N) is 1. The van der Waals surface area contributed by atoms with Gasteiger partial charge in [0.2, 0.25) is 0 Å².